The molecule has 1 aliphatic heterocycles. The molecule has 6 nitrogen and oxygen atoms in total. The molecule has 2 heterocycles. The summed E-state index contributed by atoms with van der Waals surface area (Å²) in [6, 6.07) is 10.8. The van der Waals surface area contributed by atoms with Gasteiger partial charge in [0.05, 0.1) is 12.0 Å². The van der Waals surface area contributed by atoms with E-state index in [1.165, 1.54) is 45.3 Å². The van der Waals surface area contributed by atoms with Crippen molar-refractivity contribution in [3.05, 3.63) is 48.2 Å². The van der Waals surface area contributed by atoms with Crippen molar-refractivity contribution in [1.29, 1.82) is 0 Å². The van der Waals surface area contributed by atoms with Crippen LogP contribution in [0.5, 0.6) is 5.75 Å². The predicted octanol–water partition coefficient (Wildman–Crippen LogP) is 3.37. The first-order valence-corrected chi connectivity index (χ1v) is 12.3. The zero-order chi connectivity index (χ0) is 21.0. The third kappa shape index (κ3) is 4.85. The van der Waals surface area contributed by atoms with Gasteiger partial charge in [0.2, 0.25) is 9.84 Å². The molecule has 1 aromatic heterocycles. The number of benzene rings is 1. The van der Waals surface area contributed by atoms with Gasteiger partial charge in [-0.25, -0.2) is 13.4 Å². The van der Waals surface area contributed by atoms with Gasteiger partial charge in [0.25, 0.3) is 0 Å². The Labute approximate surface area is 179 Å². The summed E-state index contributed by atoms with van der Waals surface area (Å²) in [7, 11) is -2.13. The Bertz CT molecular complexity index is 932. The van der Waals surface area contributed by atoms with Crippen LogP contribution in [0.1, 0.15) is 37.7 Å². The lowest BCUT2D eigenvalue weighted by Gasteiger charge is -2.40. The molecule has 0 N–H and O–H groups in total. The topological polar surface area (TPSA) is 62.7 Å². The predicted molar refractivity (Wildman–Crippen MR) is 116 cm³/mol. The maximum atomic E-state index is 12.9. The fourth-order valence-corrected chi connectivity index (χ4v) is 5.75. The van der Waals surface area contributed by atoms with Crippen molar-refractivity contribution in [3.63, 3.8) is 0 Å². The Morgan fingerprint density at radius 2 is 1.80 bits per heavy atom. The molecule has 162 valence electrons. The summed E-state index contributed by atoms with van der Waals surface area (Å²) in [5.41, 5.74) is 1.05. The molecular weight excluding hydrogens is 398 g/mol. The zero-order valence-electron chi connectivity index (χ0n) is 17.7. The highest BCUT2D eigenvalue weighted by Gasteiger charge is 2.25. The molecule has 1 saturated heterocycles. The van der Waals surface area contributed by atoms with E-state index in [4.69, 9.17) is 4.74 Å². The van der Waals surface area contributed by atoms with E-state index in [0.717, 1.165) is 44.3 Å². The first kappa shape index (κ1) is 21.3. The lowest BCUT2D eigenvalue weighted by Crippen LogP contribution is -2.50. The lowest BCUT2D eigenvalue weighted by atomic mass is 9.94. The Kier molecular flexibility index (Phi) is 6.71. The van der Waals surface area contributed by atoms with Crippen LogP contribution in [0.25, 0.3) is 0 Å². The molecular formula is C23H31N3O3S. The van der Waals surface area contributed by atoms with Crippen molar-refractivity contribution < 1.29 is 13.2 Å². The minimum absolute atomic E-state index is 0.0709. The van der Waals surface area contributed by atoms with E-state index in [0.29, 0.717) is 5.75 Å². The number of nitrogens with zero attached hydrogens (tertiary/aromatic N) is 3. The number of hydrogen-bond acceptors (Lipinski definition) is 6. The number of pyridine rings is 1. The second-order valence-electron chi connectivity index (χ2n) is 8.29. The first-order valence-electron chi connectivity index (χ1n) is 10.9. The second-order valence-corrected chi connectivity index (χ2v) is 10.2. The van der Waals surface area contributed by atoms with E-state index in [1.54, 1.807) is 30.5 Å². The van der Waals surface area contributed by atoms with Crippen LogP contribution in [-0.4, -0.2) is 62.5 Å². The van der Waals surface area contributed by atoms with E-state index < -0.39 is 9.84 Å². The van der Waals surface area contributed by atoms with Crippen molar-refractivity contribution in [2.75, 3.05) is 33.3 Å². The molecule has 0 amide bonds. The molecule has 1 saturated carbocycles. The zero-order valence-corrected chi connectivity index (χ0v) is 18.5. The van der Waals surface area contributed by atoms with Gasteiger partial charge in [-0.15, -0.1) is 0 Å². The molecule has 1 aliphatic carbocycles. The molecule has 0 radical (unpaired) electrons. The summed E-state index contributed by atoms with van der Waals surface area (Å²) in [5.74, 6) is 0.514. The fraction of sp³-hybridized carbons (Fsp3) is 0.522. The molecule has 4 rings (SSSR count). The van der Waals surface area contributed by atoms with Gasteiger partial charge >= 0.3 is 0 Å². The van der Waals surface area contributed by atoms with Crippen LogP contribution in [0.15, 0.2) is 52.5 Å². The average Bonchev–Trinajstić information content (AvgIpc) is 2.80. The number of ether oxygens (including phenoxy) is 1. The number of rotatable bonds is 6. The number of piperazine rings is 1. The third-order valence-corrected chi connectivity index (χ3v) is 8.00. The molecule has 7 heteroatoms. The Morgan fingerprint density at radius 1 is 1.03 bits per heavy atom. The summed E-state index contributed by atoms with van der Waals surface area (Å²) in [6.07, 6.45) is 8.55. The summed E-state index contributed by atoms with van der Waals surface area (Å²) >= 11 is 0. The van der Waals surface area contributed by atoms with Crippen LogP contribution in [-0.2, 0) is 16.4 Å². The van der Waals surface area contributed by atoms with E-state index in [2.05, 4.69) is 14.8 Å². The third-order valence-electron chi connectivity index (χ3n) is 6.33. The maximum Gasteiger partial charge on any atom is 0.223 e. The molecule has 2 aliphatic rings. The quantitative estimate of drug-likeness (QED) is 0.702. The van der Waals surface area contributed by atoms with E-state index in [9.17, 15) is 8.42 Å². The van der Waals surface area contributed by atoms with Crippen LogP contribution in [0, 0.1) is 0 Å². The van der Waals surface area contributed by atoms with Gasteiger partial charge in [-0.2, -0.15) is 0 Å². The molecule has 2 aromatic rings. The average molecular weight is 430 g/mol. The van der Waals surface area contributed by atoms with Crippen molar-refractivity contribution in [2.24, 2.45) is 0 Å². The summed E-state index contributed by atoms with van der Waals surface area (Å²) in [6.45, 7) is 5.17. The van der Waals surface area contributed by atoms with Crippen molar-refractivity contribution in [2.45, 2.75) is 54.6 Å². The van der Waals surface area contributed by atoms with Crippen LogP contribution in [0.2, 0.25) is 0 Å². The van der Waals surface area contributed by atoms with Gasteiger partial charge in [-0.05, 0) is 42.7 Å². The largest absolute Gasteiger partial charge is 0.497 e. The monoisotopic (exact) mass is 429 g/mol. The fourth-order valence-electron chi connectivity index (χ4n) is 4.54. The maximum absolute atomic E-state index is 12.9. The Balaban J connectivity index is 1.36. The minimum atomic E-state index is -3.65. The molecule has 1 aromatic carbocycles. The van der Waals surface area contributed by atoms with Gasteiger partial charge in [-0.1, -0.05) is 31.4 Å². The molecule has 2 fully saturated rings. The first-order chi connectivity index (χ1) is 14.6. The van der Waals surface area contributed by atoms with Crippen molar-refractivity contribution >= 4 is 9.84 Å². The Hall–Kier alpha value is -1.96. The molecule has 0 atom stereocenters. The normalized spacial score (nSPS) is 19.6. The smallest absolute Gasteiger partial charge is 0.223 e. The SMILES string of the molecule is COc1cccc(S(=O)(=O)c2ccc(CN3CCN(C4CCCCC4)CC3)cn2)c1. The van der Waals surface area contributed by atoms with Gasteiger partial charge in [0, 0.05) is 45.0 Å². The van der Waals surface area contributed by atoms with Gasteiger partial charge in [-0.3, -0.25) is 9.80 Å². The Morgan fingerprint density at radius 3 is 2.47 bits per heavy atom. The highest BCUT2D eigenvalue weighted by atomic mass is 32.2. The molecule has 0 unspecified atom stereocenters. The molecule has 0 spiro atoms. The lowest BCUT2D eigenvalue weighted by molar-refractivity contribution is 0.0754. The highest BCUT2D eigenvalue weighted by Crippen LogP contribution is 2.25. The van der Waals surface area contributed by atoms with Crippen molar-refractivity contribution in [1.82, 2.24) is 14.8 Å². The van der Waals surface area contributed by atoms with Crippen LogP contribution in [0.3, 0.4) is 0 Å². The second kappa shape index (κ2) is 9.45. The van der Waals surface area contributed by atoms with Crippen LogP contribution in [0.4, 0.5) is 0 Å². The minimum Gasteiger partial charge on any atom is -0.497 e. The number of hydrogen-bond donors (Lipinski definition) is 0. The molecule has 0 bridgehead atoms. The summed E-state index contributed by atoms with van der Waals surface area (Å²) in [4.78, 5) is 9.57. The van der Waals surface area contributed by atoms with Gasteiger partial charge < -0.3 is 4.74 Å². The van der Waals surface area contributed by atoms with Crippen molar-refractivity contribution in [3.8, 4) is 5.75 Å². The van der Waals surface area contributed by atoms with E-state index >= 15 is 0 Å². The van der Waals surface area contributed by atoms with E-state index in [1.807, 2.05) is 6.07 Å². The van der Waals surface area contributed by atoms with Gasteiger partial charge in [0.1, 0.15) is 5.75 Å². The molecule has 30 heavy (non-hydrogen) atoms. The van der Waals surface area contributed by atoms with Crippen LogP contribution < -0.4 is 4.74 Å². The summed E-state index contributed by atoms with van der Waals surface area (Å²) in [5, 5.41) is 0.0709. The van der Waals surface area contributed by atoms with Gasteiger partial charge in [0.15, 0.2) is 5.03 Å². The highest BCUT2D eigenvalue weighted by molar-refractivity contribution is 7.91. The standard InChI is InChI=1S/C23H31N3O3S/c1-29-21-8-5-9-22(16-21)30(27,28)23-11-10-19(17-24-23)18-25-12-14-26(15-13-25)20-6-3-2-4-7-20/h5,8-11,16-17,20H,2-4,6-7,12-15,18H2,1H3. The summed E-state index contributed by atoms with van der Waals surface area (Å²) < 4.78 is 30.9. The number of methoxy groups -OCH3 is 1. The van der Waals surface area contributed by atoms with Crippen LogP contribution >= 0.6 is 0 Å². The number of aromatic nitrogens is 1. The van der Waals surface area contributed by atoms with E-state index in [-0.39, 0.29) is 9.92 Å². The number of sulfone groups is 1.